The molecule has 3 N–H and O–H groups in total. The first-order valence-electron chi connectivity index (χ1n) is 12.3. The zero-order chi connectivity index (χ0) is 29.2. The molecule has 214 valence electrons. The molecule has 3 amide bonds. The summed E-state index contributed by atoms with van der Waals surface area (Å²) in [5.41, 5.74) is 4.28. The van der Waals surface area contributed by atoms with Gasteiger partial charge in [-0.15, -0.1) is 0 Å². The number of urea groups is 1. The van der Waals surface area contributed by atoms with Gasteiger partial charge >= 0.3 is 12.0 Å². The number of nitrogens with one attached hydrogen (secondary N) is 3. The van der Waals surface area contributed by atoms with E-state index in [1.54, 1.807) is 37.3 Å². The van der Waals surface area contributed by atoms with Gasteiger partial charge in [-0.3, -0.25) is 4.79 Å². The summed E-state index contributed by atoms with van der Waals surface area (Å²) >= 11 is 3.47. The van der Waals surface area contributed by atoms with E-state index < -0.39 is 23.9 Å². The van der Waals surface area contributed by atoms with Crippen molar-refractivity contribution in [3.05, 3.63) is 57.2 Å². The lowest BCUT2D eigenvalue weighted by Crippen LogP contribution is -2.45. The molecule has 0 spiro atoms. The highest BCUT2D eigenvalue weighted by molar-refractivity contribution is 9.10. The average molecular weight is 619 g/mol. The molecule has 0 fully saturated rings. The standard InChI is InChI=1S/C27H31BrN4O8/c1-6-38-21-11-16(10-18(28)25(21)39-7-2)13-29-32-22(33)14-40-19-9-8-17(12-20(19)36-4)24-23(26(34)37-5)15(3)30-27(35)31-24/h8-13,24H,6-7,14H2,1-5H3,(H,32,33)(H2,30,31,35)/b29-13-/t24-/m0/s1. The van der Waals surface area contributed by atoms with E-state index >= 15 is 0 Å². The maximum Gasteiger partial charge on any atom is 0.337 e. The van der Waals surface area contributed by atoms with Crippen LogP contribution in [0, 0.1) is 0 Å². The molecule has 12 nitrogen and oxygen atoms in total. The molecule has 2 aromatic carbocycles. The van der Waals surface area contributed by atoms with E-state index in [9.17, 15) is 14.4 Å². The van der Waals surface area contributed by atoms with Crippen LogP contribution in [0.3, 0.4) is 0 Å². The van der Waals surface area contributed by atoms with Gasteiger partial charge in [-0.2, -0.15) is 5.10 Å². The van der Waals surface area contributed by atoms with Gasteiger partial charge in [-0.1, -0.05) is 6.07 Å². The number of allylic oxidation sites excluding steroid dienone is 1. The molecule has 0 saturated heterocycles. The summed E-state index contributed by atoms with van der Waals surface area (Å²) in [7, 11) is 2.70. The second-order valence-electron chi connectivity index (χ2n) is 8.25. The molecule has 1 heterocycles. The van der Waals surface area contributed by atoms with Gasteiger partial charge in [0.25, 0.3) is 5.91 Å². The van der Waals surface area contributed by atoms with Gasteiger partial charge in [-0.05, 0) is 72.1 Å². The maximum atomic E-state index is 12.4. The Kier molecular flexibility index (Phi) is 10.8. The van der Waals surface area contributed by atoms with Gasteiger partial charge < -0.3 is 34.3 Å². The topological polar surface area (TPSA) is 146 Å². The quantitative estimate of drug-likeness (QED) is 0.186. The van der Waals surface area contributed by atoms with Crippen molar-refractivity contribution in [1.29, 1.82) is 0 Å². The van der Waals surface area contributed by atoms with Crippen molar-refractivity contribution in [2.24, 2.45) is 5.10 Å². The summed E-state index contributed by atoms with van der Waals surface area (Å²) in [6.45, 7) is 5.96. The predicted octanol–water partition coefficient (Wildman–Crippen LogP) is 3.59. The summed E-state index contributed by atoms with van der Waals surface area (Å²) in [4.78, 5) is 36.8. The highest BCUT2D eigenvalue weighted by Gasteiger charge is 2.32. The first-order valence-corrected chi connectivity index (χ1v) is 13.1. The smallest absolute Gasteiger partial charge is 0.337 e. The zero-order valence-corrected chi connectivity index (χ0v) is 24.3. The predicted molar refractivity (Wildman–Crippen MR) is 150 cm³/mol. The number of hydrogen-bond donors (Lipinski definition) is 3. The molecule has 2 aromatic rings. The van der Waals surface area contributed by atoms with E-state index in [4.69, 9.17) is 23.7 Å². The lowest BCUT2D eigenvalue weighted by Gasteiger charge is -2.28. The molecule has 1 aliphatic heterocycles. The molecule has 13 heteroatoms. The van der Waals surface area contributed by atoms with Crippen molar-refractivity contribution >= 4 is 40.1 Å². The molecule has 0 aliphatic carbocycles. The average Bonchev–Trinajstić information content (AvgIpc) is 2.93. The molecule has 3 rings (SSSR count). The van der Waals surface area contributed by atoms with Crippen molar-refractivity contribution in [3.63, 3.8) is 0 Å². The van der Waals surface area contributed by atoms with Crippen molar-refractivity contribution in [2.45, 2.75) is 26.8 Å². The number of benzene rings is 2. The highest BCUT2D eigenvalue weighted by Crippen LogP contribution is 2.37. The SMILES string of the molecule is CCOc1cc(/C=N\NC(=O)COc2ccc([C@@H]3NC(=O)NC(C)=C3C(=O)OC)cc2OC)cc(Br)c1OCC. The Bertz CT molecular complexity index is 1330. The number of halogens is 1. The molecule has 1 atom stereocenters. The zero-order valence-electron chi connectivity index (χ0n) is 22.8. The van der Waals surface area contributed by atoms with Gasteiger partial charge in [0.05, 0.1) is 49.7 Å². The van der Waals surface area contributed by atoms with Crippen molar-refractivity contribution in [1.82, 2.24) is 16.1 Å². The minimum Gasteiger partial charge on any atom is -0.493 e. The van der Waals surface area contributed by atoms with Crippen LogP contribution in [0.5, 0.6) is 23.0 Å². The van der Waals surface area contributed by atoms with Crippen LogP contribution in [-0.4, -0.2) is 58.2 Å². The van der Waals surface area contributed by atoms with Gasteiger partial charge in [0, 0.05) is 5.70 Å². The van der Waals surface area contributed by atoms with Crippen LogP contribution in [0.4, 0.5) is 4.79 Å². The van der Waals surface area contributed by atoms with Gasteiger partial charge in [0.15, 0.2) is 29.6 Å². The van der Waals surface area contributed by atoms with Crippen LogP contribution in [0.1, 0.15) is 37.9 Å². The fourth-order valence-electron chi connectivity index (χ4n) is 3.87. The highest BCUT2D eigenvalue weighted by atomic mass is 79.9. The number of carbonyl (C=O) groups is 3. The summed E-state index contributed by atoms with van der Waals surface area (Å²) < 4.78 is 27.9. The Hall–Kier alpha value is -4.26. The first-order chi connectivity index (χ1) is 19.2. The maximum absolute atomic E-state index is 12.4. The number of nitrogens with zero attached hydrogens (tertiary/aromatic N) is 1. The molecule has 0 bridgehead atoms. The minimum absolute atomic E-state index is 0.253. The molecule has 0 unspecified atom stereocenters. The summed E-state index contributed by atoms with van der Waals surface area (Å²) in [5.74, 6) is 0.634. The molecule has 0 saturated carbocycles. The number of ether oxygens (including phenoxy) is 5. The van der Waals surface area contributed by atoms with Crippen molar-refractivity contribution in [2.75, 3.05) is 34.0 Å². The molecule has 0 aromatic heterocycles. The number of esters is 1. The van der Waals surface area contributed by atoms with Crippen LogP contribution in [0.15, 0.2) is 51.2 Å². The lowest BCUT2D eigenvalue weighted by atomic mass is 9.95. The van der Waals surface area contributed by atoms with E-state index in [2.05, 4.69) is 37.1 Å². The number of carbonyl (C=O) groups excluding carboxylic acids is 3. The first kappa shape index (κ1) is 30.3. The summed E-state index contributed by atoms with van der Waals surface area (Å²) in [5, 5.41) is 9.26. The van der Waals surface area contributed by atoms with Gasteiger partial charge in [-0.25, -0.2) is 15.0 Å². The molecular formula is C27H31BrN4O8. The monoisotopic (exact) mass is 618 g/mol. The Labute approximate surface area is 240 Å². The van der Waals surface area contributed by atoms with E-state index in [1.165, 1.54) is 20.4 Å². The minimum atomic E-state index is -0.771. The van der Waals surface area contributed by atoms with Crippen LogP contribution >= 0.6 is 15.9 Å². The fourth-order valence-corrected chi connectivity index (χ4v) is 4.45. The van der Waals surface area contributed by atoms with Crippen molar-refractivity contribution in [3.8, 4) is 23.0 Å². The van der Waals surface area contributed by atoms with E-state index in [-0.39, 0.29) is 17.9 Å². The van der Waals surface area contributed by atoms with E-state index in [0.29, 0.717) is 51.8 Å². The fraction of sp³-hybridized carbons (Fsp3) is 0.333. The molecule has 1 aliphatic rings. The third-order valence-corrected chi connectivity index (χ3v) is 6.17. The Morgan fingerprint density at radius 2 is 1.80 bits per heavy atom. The number of hydrazone groups is 1. The van der Waals surface area contributed by atoms with Crippen LogP contribution in [0.25, 0.3) is 0 Å². The van der Waals surface area contributed by atoms with Crippen molar-refractivity contribution < 1.29 is 38.1 Å². The molecule has 0 radical (unpaired) electrons. The third kappa shape index (κ3) is 7.44. The number of amides is 3. The van der Waals surface area contributed by atoms with Crippen LogP contribution in [-0.2, 0) is 14.3 Å². The normalized spacial score (nSPS) is 14.8. The largest absolute Gasteiger partial charge is 0.493 e. The molecular weight excluding hydrogens is 588 g/mol. The second kappa shape index (κ2) is 14.2. The lowest BCUT2D eigenvalue weighted by molar-refractivity contribution is -0.136. The number of hydrogen-bond acceptors (Lipinski definition) is 9. The van der Waals surface area contributed by atoms with E-state index in [0.717, 1.165) is 0 Å². The van der Waals surface area contributed by atoms with Crippen LogP contribution in [0.2, 0.25) is 0 Å². The Morgan fingerprint density at radius 3 is 2.48 bits per heavy atom. The Morgan fingerprint density at radius 1 is 1.05 bits per heavy atom. The molecule has 40 heavy (non-hydrogen) atoms. The summed E-state index contributed by atoms with van der Waals surface area (Å²) in [6, 6.07) is 7.16. The van der Waals surface area contributed by atoms with Crippen LogP contribution < -0.4 is 35.0 Å². The van der Waals surface area contributed by atoms with Gasteiger partial charge in [0.1, 0.15) is 0 Å². The third-order valence-electron chi connectivity index (χ3n) is 5.58. The number of rotatable bonds is 12. The number of methoxy groups -OCH3 is 2. The summed E-state index contributed by atoms with van der Waals surface area (Å²) in [6.07, 6.45) is 1.47. The Balaban J connectivity index is 1.67. The van der Waals surface area contributed by atoms with E-state index in [1.807, 2.05) is 13.8 Å². The van der Waals surface area contributed by atoms with Gasteiger partial charge in [0.2, 0.25) is 0 Å². The second-order valence-corrected chi connectivity index (χ2v) is 9.10.